The first kappa shape index (κ1) is 17.3. The summed E-state index contributed by atoms with van der Waals surface area (Å²) in [4.78, 5) is 18.5. The molecule has 1 aromatic heterocycles. The van der Waals surface area contributed by atoms with E-state index in [-0.39, 0.29) is 5.91 Å². The minimum absolute atomic E-state index is 0.0786. The largest absolute Gasteiger partial charge is 0.494 e. The van der Waals surface area contributed by atoms with E-state index in [2.05, 4.69) is 34.3 Å². The third kappa shape index (κ3) is 4.10. The lowest BCUT2D eigenvalue weighted by molar-refractivity contribution is 0.0955. The zero-order valence-corrected chi connectivity index (χ0v) is 14.9. The summed E-state index contributed by atoms with van der Waals surface area (Å²) < 4.78 is 5.72. The molecule has 5 heteroatoms. The number of rotatable bonds is 6. The third-order valence-electron chi connectivity index (χ3n) is 4.33. The van der Waals surface area contributed by atoms with Gasteiger partial charge in [0.15, 0.2) is 0 Å². The van der Waals surface area contributed by atoms with Gasteiger partial charge in [0.1, 0.15) is 11.6 Å². The number of pyridine rings is 1. The molecule has 0 aliphatic carbocycles. The van der Waals surface area contributed by atoms with Crippen molar-refractivity contribution >= 4 is 11.7 Å². The first-order valence-corrected chi connectivity index (χ1v) is 8.95. The highest BCUT2D eigenvalue weighted by Crippen LogP contribution is 2.26. The van der Waals surface area contributed by atoms with Gasteiger partial charge in [0, 0.05) is 25.8 Å². The molecule has 0 saturated heterocycles. The summed E-state index contributed by atoms with van der Waals surface area (Å²) in [6, 6.07) is 10.1. The molecule has 0 atom stereocenters. The number of hydrogen-bond acceptors (Lipinski definition) is 4. The minimum atomic E-state index is -0.0786. The highest BCUT2D eigenvalue weighted by atomic mass is 16.5. The number of amides is 1. The first-order valence-electron chi connectivity index (χ1n) is 8.95. The van der Waals surface area contributed by atoms with E-state index in [9.17, 15) is 4.79 Å². The summed E-state index contributed by atoms with van der Waals surface area (Å²) in [5, 5.41) is 2.79. The number of carbonyl (C=O) groups is 1. The van der Waals surface area contributed by atoms with Crippen molar-refractivity contribution < 1.29 is 9.53 Å². The van der Waals surface area contributed by atoms with Crippen molar-refractivity contribution in [2.24, 2.45) is 0 Å². The van der Waals surface area contributed by atoms with Crippen molar-refractivity contribution in [3.8, 4) is 5.75 Å². The van der Waals surface area contributed by atoms with Crippen LogP contribution in [0.3, 0.4) is 0 Å². The van der Waals surface area contributed by atoms with E-state index in [0.717, 1.165) is 44.1 Å². The van der Waals surface area contributed by atoms with Crippen molar-refractivity contribution in [3.63, 3.8) is 0 Å². The van der Waals surface area contributed by atoms with Crippen LogP contribution >= 0.6 is 0 Å². The van der Waals surface area contributed by atoms with Crippen LogP contribution in [-0.2, 0) is 13.0 Å². The fourth-order valence-corrected chi connectivity index (χ4v) is 3.00. The second-order valence-corrected chi connectivity index (χ2v) is 6.22. The summed E-state index contributed by atoms with van der Waals surface area (Å²) >= 11 is 0. The predicted octanol–water partition coefficient (Wildman–Crippen LogP) is 3.18. The maximum Gasteiger partial charge on any atom is 0.252 e. The third-order valence-corrected chi connectivity index (χ3v) is 4.33. The topological polar surface area (TPSA) is 54.5 Å². The van der Waals surface area contributed by atoms with Crippen LogP contribution in [0.2, 0.25) is 0 Å². The van der Waals surface area contributed by atoms with Gasteiger partial charge in [-0.1, -0.05) is 13.0 Å². The minimum Gasteiger partial charge on any atom is -0.494 e. The van der Waals surface area contributed by atoms with E-state index in [1.807, 2.05) is 25.1 Å². The van der Waals surface area contributed by atoms with Gasteiger partial charge in [-0.15, -0.1) is 0 Å². The Labute approximate surface area is 149 Å². The van der Waals surface area contributed by atoms with Crippen LogP contribution < -0.4 is 15.0 Å². The van der Waals surface area contributed by atoms with Crippen molar-refractivity contribution in [3.05, 3.63) is 53.2 Å². The van der Waals surface area contributed by atoms with Gasteiger partial charge in [0.25, 0.3) is 5.91 Å². The molecule has 1 aliphatic heterocycles. The summed E-state index contributed by atoms with van der Waals surface area (Å²) in [6.07, 6.45) is 3.64. The van der Waals surface area contributed by atoms with E-state index in [1.165, 1.54) is 11.1 Å². The molecule has 1 aromatic carbocycles. The van der Waals surface area contributed by atoms with E-state index in [1.54, 1.807) is 6.20 Å². The lowest BCUT2D eigenvalue weighted by atomic mass is 9.99. The van der Waals surface area contributed by atoms with Crippen molar-refractivity contribution in [2.45, 2.75) is 33.2 Å². The lowest BCUT2D eigenvalue weighted by Crippen LogP contribution is -2.31. The number of hydrogen-bond donors (Lipinski definition) is 1. The summed E-state index contributed by atoms with van der Waals surface area (Å²) in [7, 11) is 0. The average molecular weight is 339 g/mol. The SMILES string of the molecule is CCCOc1ccc2c(c1)CCN(c1ccc(C(=O)NCC)cn1)C2. The molecule has 1 aliphatic rings. The number of benzene rings is 1. The Hall–Kier alpha value is -2.56. The van der Waals surface area contributed by atoms with Gasteiger partial charge in [-0.05, 0) is 55.2 Å². The van der Waals surface area contributed by atoms with Gasteiger partial charge in [0.05, 0.1) is 12.2 Å². The van der Waals surface area contributed by atoms with Gasteiger partial charge in [-0.2, -0.15) is 0 Å². The summed E-state index contributed by atoms with van der Waals surface area (Å²) in [5.41, 5.74) is 3.26. The van der Waals surface area contributed by atoms with Gasteiger partial charge >= 0.3 is 0 Å². The lowest BCUT2D eigenvalue weighted by Gasteiger charge is -2.30. The number of aromatic nitrogens is 1. The van der Waals surface area contributed by atoms with Crippen LogP contribution in [0.4, 0.5) is 5.82 Å². The molecule has 1 N–H and O–H groups in total. The molecule has 2 aromatic rings. The van der Waals surface area contributed by atoms with E-state index >= 15 is 0 Å². The van der Waals surface area contributed by atoms with Gasteiger partial charge in [-0.25, -0.2) is 4.98 Å². The fraction of sp³-hybridized carbons (Fsp3) is 0.400. The molecule has 0 fully saturated rings. The molecule has 0 saturated carbocycles. The van der Waals surface area contributed by atoms with Crippen LogP contribution in [0, 0.1) is 0 Å². The molecular formula is C20H25N3O2. The standard InChI is InChI=1S/C20H25N3O2/c1-3-11-25-18-7-5-17-14-23(10-9-15(17)12-18)19-8-6-16(13-22-19)20(24)21-4-2/h5-8,12-13H,3-4,9-11,14H2,1-2H3,(H,21,24). The number of anilines is 1. The van der Waals surface area contributed by atoms with Crippen LogP contribution in [0.25, 0.3) is 0 Å². The van der Waals surface area contributed by atoms with Crippen molar-refractivity contribution in [1.29, 1.82) is 0 Å². The molecule has 132 valence electrons. The van der Waals surface area contributed by atoms with Crippen LogP contribution in [0.1, 0.15) is 41.8 Å². The Morgan fingerprint density at radius 2 is 2.12 bits per heavy atom. The van der Waals surface area contributed by atoms with Crippen LogP contribution in [-0.4, -0.2) is 30.6 Å². The zero-order valence-electron chi connectivity index (χ0n) is 14.9. The maximum atomic E-state index is 11.8. The second kappa shape index (κ2) is 8.01. The number of fused-ring (bicyclic) bond motifs is 1. The van der Waals surface area contributed by atoms with Crippen LogP contribution in [0.5, 0.6) is 5.75 Å². The molecule has 3 rings (SSSR count). The molecule has 25 heavy (non-hydrogen) atoms. The zero-order chi connectivity index (χ0) is 17.6. The molecule has 0 radical (unpaired) electrons. The molecule has 1 amide bonds. The summed E-state index contributed by atoms with van der Waals surface area (Å²) in [6.45, 7) is 7.14. The smallest absolute Gasteiger partial charge is 0.252 e. The maximum absolute atomic E-state index is 11.8. The normalized spacial score (nSPS) is 13.3. The van der Waals surface area contributed by atoms with Crippen molar-refractivity contribution in [1.82, 2.24) is 10.3 Å². The molecule has 2 heterocycles. The highest BCUT2D eigenvalue weighted by molar-refractivity contribution is 5.94. The molecule has 0 spiro atoms. The second-order valence-electron chi connectivity index (χ2n) is 6.22. The van der Waals surface area contributed by atoms with Crippen molar-refractivity contribution in [2.75, 3.05) is 24.6 Å². The number of nitrogens with one attached hydrogen (secondary N) is 1. The van der Waals surface area contributed by atoms with Crippen LogP contribution in [0.15, 0.2) is 36.5 Å². The monoisotopic (exact) mass is 339 g/mol. The Morgan fingerprint density at radius 1 is 1.24 bits per heavy atom. The number of ether oxygens (including phenoxy) is 1. The molecular weight excluding hydrogens is 314 g/mol. The molecule has 5 nitrogen and oxygen atoms in total. The van der Waals surface area contributed by atoms with E-state index in [0.29, 0.717) is 12.1 Å². The molecule has 0 bridgehead atoms. The number of nitrogens with zero attached hydrogens (tertiary/aromatic N) is 2. The molecule has 0 unspecified atom stereocenters. The van der Waals surface area contributed by atoms with Gasteiger partial charge in [-0.3, -0.25) is 4.79 Å². The first-order chi connectivity index (χ1) is 12.2. The van der Waals surface area contributed by atoms with E-state index in [4.69, 9.17) is 4.74 Å². The highest BCUT2D eigenvalue weighted by Gasteiger charge is 2.18. The Bertz CT molecular complexity index is 728. The quantitative estimate of drug-likeness (QED) is 0.878. The van der Waals surface area contributed by atoms with Gasteiger partial charge in [0.2, 0.25) is 0 Å². The Kier molecular flexibility index (Phi) is 5.53. The Morgan fingerprint density at radius 3 is 2.84 bits per heavy atom. The predicted molar refractivity (Wildman–Crippen MR) is 99.2 cm³/mol. The van der Waals surface area contributed by atoms with E-state index < -0.39 is 0 Å². The average Bonchev–Trinajstić information content (AvgIpc) is 2.66. The fourth-order valence-electron chi connectivity index (χ4n) is 3.00. The number of carbonyl (C=O) groups excluding carboxylic acids is 1. The van der Waals surface area contributed by atoms with Gasteiger partial charge < -0.3 is 15.0 Å². The Balaban J connectivity index is 1.69. The summed E-state index contributed by atoms with van der Waals surface area (Å²) in [5.74, 6) is 1.79.